The zero-order valence-corrected chi connectivity index (χ0v) is 10.9. The van der Waals surface area contributed by atoms with Crippen LogP contribution in [0.5, 0.6) is 0 Å². The maximum atomic E-state index is 4.59. The highest BCUT2D eigenvalue weighted by atomic mass is 32.2. The van der Waals surface area contributed by atoms with Crippen molar-refractivity contribution < 1.29 is 0 Å². The Bertz CT molecular complexity index is 475. The van der Waals surface area contributed by atoms with E-state index in [9.17, 15) is 0 Å². The summed E-state index contributed by atoms with van der Waals surface area (Å²) in [5.41, 5.74) is 4.67. The van der Waals surface area contributed by atoms with Crippen molar-refractivity contribution in [1.82, 2.24) is 0 Å². The number of amidine groups is 1. The third kappa shape index (κ3) is 2.35. The number of rotatable bonds is 1. The Morgan fingerprint density at radius 2 is 2.00 bits per heavy atom. The fraction of sp³-hybridized carbons (Fsp3) is 0.385. The molecule has 0 spiro atoms. The lowest BCUT2D eigenvalue weighted by atomic mass is 10.1. The molecular weight excluding hydrogens is 216 g/mol. The minimum atomic E-state index is 0.463. The van der Waals surface area contributed by atoms with Gasteiger partial charge >= 0.3 is 0 Å². The van der Waals surface area contributed by atoms with Crippen molar-refractivity contribution in [3.05, 3.63) is 29.3 Å². The van der Waals surface area contributed by atoms with E-state index in [1.165, 1.54) is 11.1 Å². The standard InChI is InChI=1S/C13H16N2S/c1-8-5-6-12(9(2)7-8)15-13-14-10(3)11(4)16-13/h5-7,11H,1-4H3. The summed E-state index contributed by atoms with van der Waals surface area (Å²) < 4.78 is 0. The van der Waals surface area contributed by atoms with Crippen LogP contribution in [-0.4, -0.2) is 16.1 Å². The molecule has 2 rings (SSSR count). The van der Waals surface area contributed by atoms with Crippen LogP contribution in [0.3, 0.4) is 0 Å². The lowest BCUT2D eigenvalue weighted by Gasteiger charge is -2.02. The van der Waals surface area contributed by atoms with Crippen LogP contribution < -0.4 is 0 Å². The second-order valence-corrected chi connectivity index (χ2v) is 5.51. The van der Waals surface area contributed by atoms with Crippen LogP contribution in [0, 0.1) is 13.8 Å². The van der Waals surface area contributed by atoms with Crippen LogP contribution in [-0.2, 0) is 0 Å². The summed E-state index contributed by atoms with van der Waals surface area (Å²) in [6, 6.07) is 6.30. The predicted molar refractivity (Wildman–Crippen MR) is 73.2 cm³/mol. The van der Waals surface area contributed by atoms with Gasteiger partial charge in [0.25, 0.3) is 0 Å². The average molecular weight is 232 g/mol. The first-order chi connectivity index (χ1) is 7.56. The van der Waals surface area contributed by atoms with Crippen LogP contribution >= 0.6 is 11.8 Å². The lowest BCUT2D eigenvalue weighted by molar-refractivity contribution is 1.31. The van der Waals surface area contributed by atoms with Crippen LogP contribution in [0.4, 0.5) is 5.69 Å². The fourth-order valence-corrected chi connectivity index (χ4v) is 2.48. The van der Waals surface area contributed by atoms with E-state index in [-0.39, 0.29) is 0 Å². The Kier molecular flexibility index (Phi) is 3.15. The summed E-state index contributed by atoms with van der Waals surface area (Å²) in [6.45, 7) is 8.40. The first-order valence-electron chi connectivity index (χ1n) is 5.44. The van der Waals surface area contributed by atoms with Gasteiger partial charge in [0.05, 0.1) is 5.69 Å². The maximum absolute atomic E-state index is 4.59. The number of aliphatic imine (C=N–C) groups is 2. The van der Waals surface area contributed by atoms with Crippen LogP contribution in [0.15, 0.2) is 28.2 Å². The Balaban J connectivity index is 2.31. The molecule has 0 N–H and O–H groups in total. The van der Waals surface area contributed by atoms with Gasteiger partial charge in [0.1, 0.15) is 0 Å². The largest absolute Gasteiger partial charge is 0.231 e. The molecule has 2 nitrogen and oxygen atoms in total. The van der Waals surface area contributed by atoms with E-state index < -0.39 is 0 Å². The summed E-state index contributed by atoms with van der Waals surface area (Å²) in [5.74, 6) is 0. The monoisotopic (exact) mass is 232 g/mol. The summed E-state index contributed by atoms with van der Waals surface area (Å²) in [6.07, 6.45) is 0. The lowest BCUT2D eigenvalue weighted by Crippen LogP contribution is -2.01. The number of hydrogen-bond donors (Lipinski definition) is 0. The van der Waals surface area contributed by atoms with E-state index in [4.69, 9.17) is 0 Å². The minimum Gasteiger partial charge on any atom is -0.231 e. The van der Waals surface area contributed by atoms with Crippen LogP contribution in [0.25, 0.3) is 0 Å². The highest BCUT2D eigenvalue weighted by Gasteiger charge is 2.18. The first kappa shape index (κ1) is 11.4. The van der Waals surface area contributed by atoms with Gasteiger partial charge in [-0.2, -0.15) is 0 Å². The number of thioether (sulfide) groups is 1. The number of nitrogens with zero attached hydrogens (tertiary/aromatic N) is 2. The molecule has 1 aliphatic rings. The number of hydrogen-bond acceptors (Lipinski definition) is 2. The molecule has 0 saturated heterocycles. The highest BCUT2D eigenvalue weighted by molar-refractivity contribution is 8.15. The Labute approximate surface area is 101 Å². The molecular formula is C13H16N2S. The molecule has 0 fully saturated rings. The molecule has 1 heterocycles. The normalized spacial score (nSPS) is 22.6. The number of aryl methyl sites for hydroxylation is 2. The molecule has 0 amide bonds. The van der Waals surface area contributed by atoms with Crippen molar-refractivity contribution in [1.29, 1.82) is 0 Å². The van der Waals surface area contributed by atoms with Gasteiger partial charge in [-0.05, 0) is 39.3 Å². The number of benzene rings is 1. The van der Waals surface area contributed by atoms with E-state index in [0.717, 1.165) is 16.6 Å². The predicted octanol–water partition coefficient (Wildman–Crippen LogP) is 3.89. The molecule has 16 heavy (non-hydrogen) atoms. The summed E-state index contributed by atoms with van der Waals surface area (Å²) in [7, 11) is 0. The van der Waals surface area contributed by atoms with E-state index in [0.29, 0.717) is 5.25 Å². The molecule has 1 aliphatic heterocycles. The van der Waals surface area contributed by atoms with Gasteiger partial charge < -0.3 is 0 Å². The minimum absolute atomic E-state index is 0.463. The van der Waals surface area contributed by atoms with Crippen molar-refractivity contribution in [2.45, 2.75) is 32.9 Å². The topological polar surface area (TPSA) is 24.7 Å². The third-order valence-electron chi connectivity index (χ3n) is 2.71. The van der Waals surface area contributed by atoms with Gasteiger partial charge in [0.15, 0.2) is 5.17 Å². The average Bonchev–Trinajstić information content (AvgIpc) is 2.51. The molecule has 3 heteroatoms. The summed E-state index contributed by atoms with van der Waals surface area (Å²) in [4.78, 5) is 9.05. The van der Waals surface area contributed by atoms with E-state index in [2.05, 4.69) is 55.9 Å². The highest BCUT2D eigenvalue weighted by Crippen LogP contribution is 2.27. The van der Waals surface area contributed by atoms with Crippen molar-refractivity contribution >= 4 is 28.3 Å². The summed E-state index contributed by atoms with van der Waals surface area (Å²) in [5, 5.41) is 1.35. The molecule has 0 aliphatic carbocycles. The van der Waals surface area contributed by atoms with E-state index in [1.807, 2.05) is 0 Å². The van der Waals surface area contributed by atoms with Gasteiger partial charge in [0.2, 0.25) is 0 Å². The molecule has 1 atom stereocenters. The van der Waals surface area contributed by atoms with Gasteiger partial charge in [-0.15, -0.1) is 0 Å². The Hall–Kier alpha value is -1.09. The SMILES string of the molecule is CC1=NC(=Nc2ccc(C)cc2C)SC1C. The fourth-order valence-electron chi connectivity index (χ4n) is 1.60. The first-order valence-corrected chi connectivity index (χ1v) is 6.32. The second-order valence-electron chi connectivity index (χ2n) is 4.20. The van der Waals surface area contributed by atoms with Gasteiger partial charge in [-0.25, -0.2) is 9.98 Å². The maximum Gasteiger partial charge on any atom is 0.188 e. The van der Waals surface area contributed by atoms with Crippen molar-refractivity contribution in [3.63, 3.8) is 0 Å². The molecule has 1 unspecified atom stereocenters. The summed E-state index contributed by atoms with van der Waals surface area (Å²) >= 11 is 1.73. The van der Waals surface area contributed by atoms with Crippen molar-refractivity contribution in [3.8, 4) is 0 Å². The zero-order valence-electron chi connectivity index (χ0n) is 10.1. The van der Waals surface area contributed by atoms with Crippen molar-refractivity contribution in [2.24, 2.45) is 9.98 Å². The zero-order chi connectivity index (χ0) is 11.7. The van der Waals surface area contributed by atoms with Gasteiger partial charge in [0, 0.05) is 11.0 Å². The van der Waals surface area contributed by atoms with E-state index >= 15 is 0 Å². The molecule has 0 radical (unpaired) electrons. The third-order valence-corrected chi connectivity index (χ3v) is 3.80. The quantitative estimate of drug-likeness (QED) is 0.721. The second kappa shape index (κ2) is 4.42. The van der Waals surface area contributed by atoms with Gasteiger partial charge in [-0.1, -0.05) is 29.5 Å². The molecule has 1 aromatic rings. The van der Waals surface area contributed by atoms with Gasteiger partial charge in [-0.3, -0.25) is 0 Å². The molecule has 0 saturated carbocycles. The molecule has 1 aromatic carbocycles. The Morgan fingerprint density at radius 1 is 1.25 bits per heavy atom. The molecule has 84 valence electrons. The van der Waals surface area contributed by atoms with Crippen LogP contribution in [0.1, 0.15) is 25.0 Å². The molecule has 0 bridgehead atoms. The Morgan fingerprint density at radius 3 is 2.56 bits per heavy atom. The van der Waals surface area contributed by atoms with Crippen molar-refractivity contribution in [2.75, 3.05) is 0 Å². The molecule has 0 aromatic heterocycles. The van der Waals surface area contributed by atoms with E-state index in [1.54, 1.807) is 11.8 Å². The smallest absolute Gasteiger partial charge is 0.188 e. The van der Waals surface area contributed by atoms with Crippen LogP contribution in [0.2, 0.25) is 0 Å².